The van der Waals surface area contributed by atoms with E-state index in [0.29, 0.717) is 51.6 Å². The van der Waals surface area contributed by atoms with E-state index in [1.54, 1.807) is 22.0 Å². The van der Waals surface area contributed by atoms with Gasteiger partial charge in [0.1, 0.15) is 17.7 Å². The molecule has 1 aromatic rings. The molecule has 0 radical (unpaired) electrons. The SMILES string of the molecule is C=CCCC(=O)NC[C@H](OC(=O)[C@@H]1[C@H]2C(=O)N(CCCCCO)[C@H](C(=O)N(CC=C)C(C)C)[C@]23CC[C@H]1O3)c1ccccc1. The van der Waals surface area contributed by atoms with Crippen molar-refractivity contribution < 1.29 is 33.8 Å². The van der Waals surface area contributed by atoms with E-state index in [-0.39, 0.29) is 43.3 Å². The lowest BCUT2D eigenvalue weighted by Crippen LogP contribution is -2.57. The minimum Gasteiger partial charge on any atom is -0.455 e. The van der Waals surface area contributed by atoms with E-state index in [1.165, 1.54) is 0 Å². The summed E-state index contributed by atoms with van der Waals surface area (Å²) in [6, 6.07) is 8.19. The van der Waals surface area contributed by atoms with Crippen LogP contribution in [-0.2, 0) is 28.7 Å². The Bertz CT molecular complexity index is 1200. The highest BCUT2D eigenvalue weighted by molar-refractivity contribution is 5.98. The van der Waals surface area contributed by atoms with Crippen molar-refractivity contribution >= 4 is 23.7 Å². The van der Waals surface area contributed by atoms with Gasteiger partial charge in [-0.3, -0.25) is 19.2 Å². The molecule has 0 aliphatic carbocycles. The zero-order valence-corrected chi connectivity index (χ0v) is 26.0. The Morgan fingerprint density at radius 2 is 1.93 bits per heavy atom. The molecule has 6 atom stereocenters. The van der Waals surface area contributed by atoms with Crippen LogP contribution in [0.25, 0.3) is 0 Å². The molecule has 44 heavy (non-hydrogen) atoms. The Balaban J connectivity index is 1.61. The third kappa shape index (κ3) is 6.76. The van der Waals surface area contributed by atoms with Crippen LogP contribution in [0.1, 0.15) is 70.5 Å². The van der Waals surface area contributed by atoms with Crippen molar-refractivity contribution in [2.45, 2.75) is 88.7 Å². The number of esters is 1. The van der Waals surface area contributed by atoms with Gasteiger partial charge in [0.05, 0.1) is 24.5 Å². The maximum absolute atomic E-state index is 14.2. The van der Waals surface area contributed by atoms with Gasteiger partial charge >= 0.3 is 5.97 Å². The molecule has 3 amide bonds. The standard InChI is InChI=1S/C34H47N3O7/c1-5-7-16-27(39)35-22-26(24-14-10-8-11-15-24)43-33(42)28-25-17-18-34(44-25)29(28)31(40)37(20-12-9-13-21-38)30(34)32(41)36(19-6-2)23(3)4/h5-6,8,10-11,14-15,23,25-26,28-30,38H,1-2,7,9,12-13,16-22H2,3-4H3,(H,35,39)/t25-,26+,28+,29+,30-,34+/m1/s1. The van der Waals surface area contributed by atoms with Gasteiger partial charge in [0, 0.05) is 32.2 Å². The number of amides is 3. The number of aliphatic hydroxyl groups excluding tert-OH is 1. The fourth-order valence-electron chi connectivity index (χ4n) is 7.01. The number of benzene rings is 1. The van der Waals surface area contributed by atoms with Gasteiger partial charge in [-0.05, 0) is 57.9 Å². The van der Waals surface area contributed by atoms with Crippen LogP contribution in [0.5, 0.6) is 0 Å². The fraction of sp³-hybridized carbons (Fsp3) is 0.588. The highest BCUT2D eigenvalue weighted by Gasteiger charge is 2.75. The molecular weight excluding hydrogens is 562 g/mol. The number of unbranched alkanes of at least 4 members (excludes halogenated alkanes) is 2. The zero-order chi connectivity index (χ0) is 31.9. The van der Waals surface area contributed by atoms with E-state index in [4.69, 9.17) is 9.47 Å². The molecule has 0 unspecified atom stereocenters. The topological polar surface area (TPSA) is 125 Å². The highest BCUT2D eigenvalue weighted by Crippen LogP contribution is 2.59. The first kappa shape index (κ1) is 33.4. The van der Waals surface area contributed by atoms with Gasteiger partial charge in [-0.2, -0.15) is 0 Å². The van der Waals surface area contributed by atoms with E-state index < -0.39 is 41.7 Å². The van der Waals surface area contributed by atoms with Gasteiger partial charge in [-0.25, -0.2) is 0 Å². The Morgan fingerprint density at radius 1 is 1.18 bits per heavy atom. The first-order valence-electron chi connectivity index (χ1n) is 15.8. The average molecular weight is 610 g/mol. The van der Waals surface area contributed by atoms with E-state index in [0.717, 1.165) is 5.56 Å². The molecule has 2 N–H and O–H groups in total. The third-order valence-electron chi connectivity index (χ3n) is 9.09. The number of fused-ring (bicyclic) bond motifs is 1. The van der Waals surface area contributed by atoms with Crippen molar-refractivity contribution in [1.82, 2.24) is 15.1 Å². The Morgan fingerprint density at radius 3 is 2.59 bits per heavy atom. The number of carbonyl (C=O) groups is 4. The average Bonchev–Trinajstić information content (AvgIpc) is 3.66. The highest BCUT2D eigenvalue weighted by atomic mass is 16.6. The second kappa shape index (κ2) is 15.0. The number of ether oxygens (including phenoxy) is 2. The lowest BCUT2D eigenvalue weighted by Gasteiger charge is -2.38. The van der Waals surface area contributed by atoms with E-state index in [1.807, 2.05) is 44.2 Å². The number of rotatable bonds is 17. The van der Waals surface area contributed by atoms with Crippen LogP contribution in [-0.4, -0.2) is 88.6 Å². The van der Waals surface area contributed by atoms with E-state index >= 15 is 0 Å². The fourth-order valence-corrected chi connectivity index (χ4v) is 7.01. The van der Waals surface area contributed by atoms with Crippen molar-refractivity contribution in [3.63, 3.8) is 0 Å². The van der Waals surface area contributed by atoms with Crippen molar-refractivity contribution in [2.24, 2.45) is 11.8 Å². The summed E-state index contributed by atoms with van der Waals surface area (Å²) in [6.45, 7) is 12.1. The second-order valence-corrected chi connectivity index (χ2v) is 12.2. The van der Waals surface area contributed by atoms with Gasteiger partial charge in [-0.15, -0.1) is 13.2 Å². The number of allylic oxidation sites excluding steroid dienone is 1. The lowest BCUT2D eigenvalue weighted by molar-refractivity contribution is -0.160. The molecule has 1 spiro atoms. The number of carbonyl (C=O) groups excluding carboxylic acids is 4. The summed E-state index contributed by atoms with van der Waals surface area (Å²) in [5.41, 5.74) is -0.411. The van der Waals surface area contributed by atoms with Gasteiger partial charge in [0.25, 0.3) is 0 Å². The Hall–Kier alpha value is -3.50. The summed E-state index contributed by atoms with van der Waals surface area (Å²) in [6.07, 6.45) is 5.77. The molecule has 1 aromatic carbocycles. The zero-order valence-electron chi connectivity index (χ0n) is 26.0. The van der Waals surface area contributed by atoms with Crippen molar-refractivity contribution in [3.8, 4) is 0 Å². The predicted molar refractivity (Wildman–Crippen MR) is 165 cm³/mol. The molecule has 3 aliphatic rings. The van der Waals surface area contributed by atoms with E-state index in [2.05, 4.69) is 18.5 Å². The predicted octanol–water partition coefficient (Wildman–Crippen LogP) is 3.31. The van der Waals surface area contributed by atoms with Crippen LogP contribution in [0.2, 0.25) is 0 Å². The summed E-state index contributed by atoms with van der Waals surface area (Å²) >= 11 is 0. The summed E-state index contributed by atoms with van der Waals surface area (Å²) in [5.74, 6) is -2.95. The van der Waals surface area contributed by atoms with Crippen LogP contribution in [0, 0.1) is 11.8 Å². The maximum atomic E-state index is 14.2. The monoisotopic (exact) mass is 609 g/mol. The summed E-state index contributed by atoms with van der Waals surface area (Å²) in [7, 11) is 0. The minimum atomic E-state index is -1.13. The van der Waals surface area contributed by atoms with Gasteiger partial charge in [0.15, 0.2) is 0 Å². The molecule has 3 fully saturated rings. The van der Waals surface area contributed by atoms with Crippen LogP contribution >= 0.6 is 0 Å². The number of aliphatic hydroxyl groups is 1. The normalized spacial score (nSPS) is 25.9. The molecular formula is C34H47N3O7. The molecule has 10 heteroatoms. The first-order valence-corrected chi connectivity index (χ1v) is 15.8. The van der Waals surface area contributed by atoms with Crippen molar-refractivity contribution in [3.05, 3.63) is 61.2 Å². The molecule has 4 rings (SSSR count). The Labute approximate surface area is 260 Å². The number of nitrogens with one attached hydrogen (secondary N) is 1. The van der Waals surface area contributed by atoms with Crippen molar-refractivity contribution in [1.29, 1.82) is 0 Å². The molecule has 0 aromatic heterocycles. The number of hydrogen-bond acceptors (Lipinski definition) is 7. The summed E-state index contributed by atoms with van der Waals surface area (Å²) in [5, 5.41) is 12.1. The second-order valence-electron chi connectivity index (χ2n) is 12.2. The number of likely N-dealkylation sites (tertiary alicyclic amines) is 1. The molecule has 3 aliphatic heterocycles. The maximum Gasteiger partial charge on any atom is 0.313 e. The summed E-state index contributed by atoms with van der Waals surface area (Å²) < 4.78 is 12.7. The smallest absolute Gasteiger partial charge is 0.313 e. The van der Waals surface area contributed by atoms with Crippen LogP contribution in [0.3, 0.4) is 0 Å². The van der Waals surface area contributed by atoms with Crippen molar-refractivity contribution in [2.75, 3.05) is 26.2 Å². The van der Waals surface area contributed by atoms with Gasteiger partial charge in [-0.1, -0.05) is 42.5 Å². The summed E-state index contributed by atoms with van der Waals surface area (Å²) in [4.78, 5) is 58.1. The molecule has 10 nitrogen and oxygen atoms in total. The number of hydrogen-bond donors (Lipinski definition) is 2. The largest absolute Gasteiger partial charge is 0.455 e. The Kier molecular flexibility index (Phi) is 11.4. The third-order valence-corrected chi connectivity index (χ3v) is 9.09. The molecule has 240 valence electrons. The van der Waals surface area contributed by atoms with E-state index in [9.17, 15) is 24.3 Å². The first-order chi connectivity index (χ1) is 21.2. The van der Waals surface area contributed by atoms with Crippen LogP contribution in [0.4, 0.5) is 0 Å². The molecule has 2 bridgehead atoms. The van der Waals surface area contributed by atoms with Crippen LogP contribution in [0.15, 0.2) is 55.6 Å². The minimum absolute atomic E-state index is 0.0549. The van der Waals surface area contributed by atoms with Gasteiger partial charge in [0.2, 0.25) is 17.7 Å². The van der Waals surface area contributed by atoms with Gasteiger partial charge < -0.3 is 29.7 Å². The molecule has 3 saturated heterocycles. The number of nitrogens with zero attached hydrogens (tertiary/aromatic N) is 2. The van der Waals surface area contributed by atoms with Crippen LogP contribution < -0.4 is 5.32 Å². The lowest BCUT2D eigenvalue weighted by atomic mass is 9.70. The molecule has 3 heterocycles. The molecule has 0 saturated carbocycles. The quantitative estimate of drug-likeness (QED) is 0.158.